The molecule has 2 amide bonds. The maximum absolute atomic E-state index is 11.8. The van der Waals surface area contributed by atoms with Gasteiger partial charge in [0.15, 0.2) is 0 Å². The summed E-state index contributed by atoms with van der Waals surface area (Å²) >= 11 is 0. The summed E-state index contributed by atoms with van der Waals surface area (Å²) < 4.78 is 60.5. The first-order valence-electron chi connectivity index (χ1n) is 8.12. The van der Waals surface area contributed by atoms with Crippen molar-refractivity contribution in [3.8, 4) is 0 Å². The molecule has 10 nitrogen and oxygen atoms in total. The van der Waals surface area contributed by atoms with E-state index in [1.54, 1.807) is 0 Å². The predicted octanol–water partition coefficient (Wildman–Crippen LogP) is -0.0385. The molecule has 0 aromatic rings. The number of hydrogen-bond acceptors (Lipinski definition) is 6. The second-order valence-electron chi connectivity index (χ2n) is 5.69. The molecular formula is C15H26N2O8S2. The fourth-order valence-corrected chi connectivity index (χ4v) is 3.24. The Morgan fingerprint density at radius 3 is 1.26 bits per heavy atom. The van der Waals surface area contributed by atoms with Crippen molar-refractivity contribution in [1.82, 2.24) is 9.80 Å². The molecule has 0 aromatic carbocycles. The molecule has 0 heterocycles. The van der Waals surface area contributed by atoms with Gasteiger partial charge >= 0.3 is 0 Å². The summed E-state index contributed by atoms with van der Waals surface area (Å²) in [4.78, 5) is 26.3. The largest absolute Gasteiger partial charge is 0.339 e. The highest BCUT2D eigenvalue weighted by atomic mass is 32.2. The van der Waals surface area contributed by atoms with Crippen molar-refractivity contribution in [2.45, 2.75) is 19.3 Å². The molecule has 156 valence electrons. The quantitative estimate of drug-likeness (QED) is 0.290. The Hall–Kier alpha value is -1.76. The summed E-state index contributed by atoms with van der Waals surface area (Å²) in [7, 11) is -8.24. The number of carbonyl (C=O) groups excluding carboxylic acids is 2. The van der Waals surface area contributed by atoms with Gasteiger partial charge in [0.1, 0.15) is 0 Å². The summed E-state index contributed by atoms with van der Waals surface area (Å²) in [6, 6.07) is 0. The minimum atomic E-state index is -4.12. The van der Waals surface area contributed by atoms with E-state index < -0.39 is 43.6 Å². The lowest BCUT2D eigenvalue weighted by atomic mass is 10.3. The van der Waals surface area contributed by atoms with Crippen LogP contribution < -0.4 is 0 Å². The third kappa shape index (κ3) is 13.1. The molecule has 0 spiro atoms. The van der Waals surface area contributed by atoms with Crippen LogP contribution in [0.5, 0.6) is 0 Å². The normalized spacial score (nSPS) is 11.6. The van der Waals surface area contributed by atoms with Crippen molar-refractivity contribution in [2.24, 2.45) is 0 Å². The fourth-order valence-electron chi connectivity index (χ4n) is 2.25. The van der Waals surface area contributed by atoms with E-state index in [2.05, 4.69) is 13.2 Å². The van der Waals surface area contributed by atoms with E-state index >= 15 is 0 Å². The Morgan fingerprint density at radius 2 is 1.00 bits per heavy atom. The molecule has 12 heteroatoms. The van der Waals surface area contributed by atoms with Crippen molar-refractivity contribution in [3.05, 3.63) is 25.3 Å². The van der Waals surface area contributed by atoms with Gasteiger partial charge in [-0.15, -0.1) is 0 Å². The van der Waals surface area contributed by atoms with Gasteiger partial charge in [-0.25, -0.2) is 0 Å². The van der Waals surface area contributed by atoms with Crippen LogP contribution in [0.15, 0.2) is 25.3 Å². The molecule has 27 heavy (non-hydrogen) atoms. The number of amides is 2. The van der Waals surface area contributed by atoms with Crippen molar-refractivity contribution >= 4 is 32.1 Å². The van der Waals surface area contributed by atoms with Crippen LogP contribution in [0.4, 0.5) is 0 Å². The van der Waals surface area contributed by atoms with Gasteiger partial charge in [0.05, 0.1) is 11.5 Å². The highest BCUT2D eigenvalue weighted by Gasteiger charge is 2.15. The van der Waals surface area contributed by atoms with E-state index in [4.69, 9.17) is 9.11 Å². The van der Waals surface area contributed by atoms with Gasteiger partial charge in [-0.3, -0.25) is 18.7 Å². The van der Waals surface area contributed by atoms with Crippen LogP contribution in [0.1, 0.15) is 19.3 Å². The molecule has 0 fully saturated rings. The zero-order valence-corrected chi connectivity index (χ0v) is 16.6. The summed E-state index contributed by atoms with van der Waals surface area (Å²) in [5.74, 6) is -1.80. The smallest absolute Gasteiger partial charge is 0.264 e. The van der Waals surface area contributed by atoms with Crippen molar-refractivity contribution < 1.29 is 35.5 Å². The Morgan fingerprint density at radius 1 is 0.704 bits per heavy atom. The summed E-state index contributed by atoms with van der Waals surface area (Å²) in [6.45, 7) is 7.32. The average Bonchev–Trinajstić information content (AvgIpc) is 2.55. The maximum atomic E-state index is 11.8. The molecule has 0 aromatic heterocycles. The van der Waals surface area contributed by atoms with E-state index in [-0.39, 0.29) is 39.0 Å². The lowest BCUT2D eigenvalue weighted by Gasteiger charge is -2.25. The highest BCUT2D eigenvalue weighted by molar-refractivity contribution is 7.86. The van der Waals surface area contributed by atoms with Crippen LogP contribution in [-0.2, 0) is 29.8 Å². The molecule has 0 saturated heterocycles. The zero-order valence-electron chi connectivity index (χ0n) is 15.0. The van der Waals surface area contributed by atoms with Crippen LogP contribution in [0.25, 0.3) is 0 Å². The van der Waals surface area contributed by atoms with Crippen molar-refractivity contribution in [3.63, 3.8) is 0 Å². The highest BCUT2D eigenvalue weighted by Crippen LogP contribution is 2.03. The molecule has 2 N–H and O–H groups in total. The molecule has 0 atom stereocenters. The van der Waals surface area contributed by atoms with E-state index in [0.717, 1.165) is 12.2 Å². The number of hydrogen-bond donors (Lipinski definition) is 2. The van der Waals surface area contributed by atoms with Crippen LogP contribution in [-0.4, -0.2) is 85.2 Å². The summed E-state index contributed by atoms with van der Waals surface area (Å²) in [5.41, 5.74) is 0. The molecule has 0 rings (SSSR count). The molecular weight excluding hydrogens is 400 g/mol. The monoisotopic (exact) mass is 426 g/mol. The standard InChI is InChI=1S/C15H26N2O8S2/c1-3-14(18)16(10-6-12-26(20,21)22)8-5-9-17(15(19)4-2)11-7-13-27(23,24)25/h3-4H,1-2,5-13H2,(H,20,21,22)(H,23,24,25). The second kappa shape index (κ2) is 11.8. The maximum Gasteiger partial charge on any atom is 0.264 e. The Balaban J connectivity index is 4.66. The van der Waals surface area contributed by atoms with E-state index in [9.17, 15) is 26.4 Å². The van der Waals surface area contributed by atoms with Crippen LogP contribution >= 0.6 is 0 Å². The lowest BCUT2D eigenvalue weighted by molar-refractivity contribution is -0.126. The lowest BCUT2D eigenvalue weighted by Crippen LogP contribution is -2.37. The number of carbonyl (C=O) groups is 2. The predicted molar refractivity (Wildman–Crippen MR) is 100 cm³/mol. The molecule has 0 saturated carbocycles. The third-order valence-electron chi connectivity index (χ3n) is 3.49. The topological polar surface area (TPSA) is 149 Å². The Labute approximate surface area is 160 Å². The first-order valence-corrected chi connectivity index (χ1v) is 11.3. The van der Waals surface area contributed by atoms with E-state index in [1.807, 2.05) is 0 Å². The molecule has 0 radical (unpaired) electrons. The molecule has 0 aliphatic heterocycles. The first kappa shape index (κ1) is 25.2. The van der Waals surface area contributed by atoms with Gasteiger partial charge in [-0.2, -0.15) is 16.8 Å². The van der Waals surface area contributed by atoms with Gasteiger partial charge < -0.3 is 9.80 Å². The van der Waals surface area contributed by atoms with Crippen LogP contribution in [0.3, 0.4) is 0 Å². The molecule has 0 unspecified atom stereocenters. The Bertz CT molecular complexity index is 669. The van der Waals surface area contributed by atoms with Crippen molar-refractivity contribution in [1.29, 1.82) is 0 Å². The zero-order chi connectivity index (χ0) is 21.1. The van der Waals surface area contributed by atoms with Crippen LogP contribution in [0, 0.1) is 0 Å². The van der Waals surface area contributed by atoms with Gasteiger partial charge in [-0.1, -0.05) is 13.2 Å². The second-order valence-corrected chi connectivity index (χ2v) is 8.84. The molecule has 0 aliphatic rings. The number of rotatable bonds is 14. The van der Waals surface area contributed by atoms with Crippen LogP contribution in [0.2, 0.25) is 0 Å². The van der Waals surface area contributed by atoms with Gasteiger partial charge in [0.2, 0.25) is 11.8 Å². The van der Waals surface area contributed by atoms with Gasteiger partial charge in [-0.05, 0) is 31.4 Å². The molecule has 0 bridgehead atoms. The summed E-state index contributed by atoms with van der Waals surface area (Å²) in [5, 5.41) is 0. The first-order chi connectivity index (χ1) is 12.4. The molecule has 0 aliphatic carbocycles. The summed E-state index contributed by atoms with van der Waals surface area (Å²) in [6.07, 6.45) is 2.58. The fraction of sp³-hybridized carbons (Fsp3) is 0.600. The Kier molecular flexibility index (Phi) is 11.1. The number of nitrogens with zero attached hydrogens (tertiary/aromatic N) is 2. The van der Waals surface area contributed by atoms with Gasteiger partial charge in [0, 0.05) is 26.2 Å². The minimum Gasteiger partial charge on any atom is -0.339 e. The van der Waals surface area contributed by atoms with Crippen molar-refractivity contribution in [2.75, 3.05) is 37.7 Å². The van der Waals surface area contributed by atoms with E-state index in [1.165, 1.54) is 9.80 Å². The SMILES string of the molecule is C=CC(=O)N(CCCN(CCCS(=O)(=O)O)C(=O)C=C)CCCS(=O)(=O)O. The van der Waals surface area contributed by atoms with Gasteiger partial charge in [0.25, 0.3) is 20.2 Å². The third-order valence-corrected chi connectivity index (χ3v) is 5.10. The van der Waals surface area contributed by atoms with E-state index in [0.29, 0.717) is 6.42 Å². The average molecular weight is 427 g/mol. The minimum absolute atomic E-state index is 0.0437.